The lowest BCUT2D eigenvalue weighted by Crippen LogP contribution is -2.49. The van der Waals surface area contributed by atoms with E-state index in [2.05, 4.69) is 0 Å². The van der Waals surface area contributed by atoms with Crippen molar-refractivity contribution in [1.82, 2.24) is 9.80 Å². The second-order valence-electron chi connectivity index (χ2n) is 8.06. The predicted octanol–water partition coefficient (Wildman–Crippen LogP) is 4.02. The third kappa shape index (κ3) is 3.99. The number of halogens is 2. The maximum absolute atomic E-state index is 15.0. The molecule has 2 aromatic carbocycles. The molecule has 4 rings (SSSR count). The molecule has 1 amide bonds. The molecule has 0 bridgehead atoms. The Hall–Kier alpha value is -2.47. The molecule has 2 aliphatic rings. The number of phenols is 1. The zero-order chi connectivity index (χ0) is 20.5. The summed E-state index contributed by atoms with van der Waals surface area (Å²) in [5.74, 6) is -0.305. The van der Waals surface area contributed by atoms with Crippen molar-refractivity contribution >= 4 is 5.91 Å². The molecule has 1 unspecified atom stereocenters. The van der Waals surface area contributed by atoms with Crippen LogP contribution in [0.4, 0.5) is 8.78 Å². The number of likely N-dealkylation sites (tertiary alicyclic amines) is 2. The van der Waals surface area contributed by atoms with Crippen molar-refractivity contribution < 1.29 is 18.7 Å². The molecule has 2 heterocycles. The number of aromatic hydroxyl groups is 1. The number of carbonyl (C=O) groups excluding carboxylic acids is 1. The topological polar surface area (TPSA) is 43.8 Å². The molecular weight excluding hydrogens is 374 g/mol. The van der Waals surface area contributed by atoms with Gasteiger partial charge in [-0.15, -0.1) is 0 Å². The van der Waals surface area contributed by atoms with Crippen molar-refractivity contribution in [2.75, 3.05) is 19.6 Å². The van der Waals surface area contributed by atoms with Crippen LogP contribution in [0.2, 0.25) is 0 Å². The molecule has 0 aliphatic carbocycles. The van der Waals surface area contributed by atoms with Crippen molar-refractivity contribution in [2.24, 2.45) is 0 Å². The Balaban J connectivity index is 1.40. The van der Waals surface area contributed by atoms with Gasteiger partial charge in [0.25, 0.3) is 0 Å². The molecule has 4 nitrogen and oxygen atoms in total. The first-order chi connectivity index (χ1) is 13.9. The lowest BCUT2D eigenvalue weighted by molar-refractivity contribution is -0.134. The number of hydrogen-bond acceptors (Lipinski definition) is 3. The van der Waals surface area contributed by atoms with Crippen molar-refractivity contribution in [3.63, 3.8) is 0 Å². The van der Waals surface area contributed by atoms with Gasteiger partial charge in [0, 0.05) is 19.0 Å². The third-order valence-electron chi connectivity index (χ3n) is 6.37. The van der Waals surface area contributed by atoms with E-state index in [0.29, 0.717) is 25.9 Å². The first kappa shape index (κ1) is 19.8. The monoisotopic (exact) mass is 400 g/mol. The summed E-state index contributed by atoms with van der Waals surface area (Å²) in [5, 5.41) is 9.44. The van der Waals surface area contributed by atoms with E-state index in [9.17, 15) is 18.7 Å². The van der Waals surface area contributed by atoms with Gasteiger partial charge in [0.05, 0.1) is 12.1 Å². The Labute approximate surface area is 169 Å². The SMILES string of the molecule is CC(c1ccc(F)cc1)N1CC[C@@H](N2CC[C@H](c3ccc(O)cc3)[C@@H](F)C2)C1=O. The first-order valence-electron chi connectivity index (χ1n) is 10.2. The molecule has 1 N–H and O–H groups in total. The standard InChI is InChI=1S/C23H26F2N2O2/c1-15(16-2-6-18(24)7-3-16)27-13-11-22(23(27)29)26-12-10-20(21(25)14-26)17-4-8-19(28)9-5-17/h2-9,15,20-22,28H,10-14H2,1H3/t15?,20-,21+,22-/m1/s1. The van der Waals surface area contributed by atoms with Crippen LogP contribution in [0, 0.1) is 5.82 Å². The lowest BCUT2D eigenvalue weighted by atomic mass is 9.87. The van der Waals surface area contributed by atoms with E-state index in [0.717, 1.165) is 11.1 Å². The zero-order valence-corrected chi connectivity index (χ0v) is 16.5. The Morgan fingerprint density at radius 1 is 1.03 bits per heavy atom. The van der Waals surface area contributed by atoms with Gasteiger partial charge >= 0.3 is 0 Å². The maximum Gasteiger partial charge on any atom is 0.240 e. The summed E-state index contributed by atoms with van der Waals surface area (Å²) in [6.45, 7) is 3.47. The highest BCUT2D eigenvalue weighted by Gasteiger charge is 2.42. The Bertz CT molecular complexity index is 856. The number of hydrogen-bond donors (Lipinski definition) is 1. The smallest absolute Gasteiger partial charge is 0.240 e. The number of alkyl halides is 1. The van der Waals surface area contributed by atoms with E-state index in [4.69, 9.17) is 0 Å². The summed E-state index contributed by atoms with van der Waals surface area (Å²) in [7, 11) is 0. The highest BCUT2D eigenvalue weighted by Crippen LogP contribution is 2.35. The summed E-state index contributed by atoms with van der Waals surface area (Å²) in [6.07, 6.45) is 0.272. The average molecular weight is 400 g/mol. The summed E-state index contributed by atoms with van der Waals surface area (Å²) in [4.78, 5) is 16.8. The van der Waals surface area contributed by atoms with Crippen molar-refractivity contribution in [1.29, 1.82) is 0 Å². The lowest BCUT2D eigenvalue weighted by Gasteiger charge is -2.38. The normalized spacial score (nSPS) is 26.7. The largest absolute Gasteiger partial charge is 0.508 e. The highest BCUT2D eigenvalue weighted by atomic mass is 19.1. The summed E-state index contributed by atoms with van der Waals surface area (Å²) in [5.41, 5.74) is 1.79. The fourth-order valence-electron chi connectivity index (χ4n) is 4.64. The van der Waals surface area contributed by atoms with Crippen molar-refractivity contribution in [3.05, 3.63) is 65.5 Å². The predicted molar refractivity (Wildman–Crippen MR) is 107 cm³/mol. The number of rotatable bonds is 4. The van der Waals surface area contributed by atoms with Crippen LogP contribution in [0.5, 0.6) is 5.75 Å². The van der Waals surface area contributed by atoms with Gasteiger partial charge in [-0.25, -0.2) is 8.78 Å². The van der Waals surface area contributed by atoms with E-state index >= 15 is 0 Å². The van der Waals surface area contributed by atoms with Gasteiger partial charge in [-0.1, -0.05) is 24.3 Å². The van der Waals surface area contributed by atoms with Crippen LogP contribution in [-0.2, 0) is 4.79 Å². The molecule has 0 aromatic heterocycles. The number of piperidine rings is 1. The van der Waals surface area contributed by atoms with E-state index in [-0.39, 0.29) is 42.0 Å². The molecule has 2 aromatic rings. The van der Waals surface area contributed by atoms with Crippen LogP contribution in [0.15, 0.2) is 48.5 Å². The van der Waals surface area contributed by atoms with Crippen LogP contribution < -0.4 is 0 Å². The van der Waals surface area contributed by atoms with Gasteiger partial charge in [-0.05, 0) is 61.7 Å². The Kier molecular flexibility index (Phi) is 5.54. The molecule has 4 atom stereocenters. The van der Waals surface area contributed by atoms with Gasteiger partial charge in [0.2, 0.25) is 5.91 Å². The molecule has 29 heavy (non-hydrogen) atoms. The van der Waals surface area contributed by atoms with Crippen molar-refractivity contribution in [2.45, 2.75) is 43.9 Å². The average Bonchev–Trinajstić information content (AvgIpc) is 3.10. The number of amides is 1. The Morgan fingerprint density at radius 3 is 2.38 bits per heavy atom. The molecule has 154 valence electrons. The third-order valence-corrected chi connectivity index (χ3v) is 6.37. The fraction of sp³-hybridized carbons (Fsp3) is 0.435. The molecule has 2 aliphatic heterocycles. The van der Waals surface area contributed by atoms with E-state index in [1.165, 1.54) is 12.1 Å². The van der Waals surface area contributed by atoms with Crippen molar-refractivity contribution in [3.8, 4) is 5.75 Å². The second-order valence-corrected chi connectivity index (χ2v) is 8.06. The van der Waals surface area contributed by atoms with Gasteiger partial charge in [0.1, 0.15) is 17.7 Å². The number of benzene rings is 2. The van der Waals surface area contributed by atoms with Gasteiger partial charge in [-0.2, -0.15) is 0 Å². The van der Waals surface area contributed by atoms with E-state index in [1.807, 2.05) is 16.7 Å². The minimum atomic E-state index is -1.05. The van der Waals surface area contributed by atoms with E-state index < -0.39 is 6.17 Å². The minimum absolute atomic E-state index is 0.0251. The van der Waals surface area contributed by atoms with Gasteiger partial charge in [0.15, 0.2) is 0 Å². The molecule has 6 heteroatoms. The molecule has 0 spiro atoms. The molecular formula is C23H26F2N2O2. The number of nitrogens with zero attached hydrogens (tertiary/aromatic N) is 2. The molecule has 0 radical (unpaired) electrons. The van der Waals surface area contributed by atoms with Gasteiger partial charge < -0.3 is 10.0 Å². The van der Waals surface area contributed by atoms with Crippen LogP contribution in [0.1, 0.15) is 42.9 Å². The van der Waals surface area contributed by atoms with E-state index in [1.54, 1.807) is 36.4 Å². The highest BCUT2D eigenvalue weighted by molar-refractivity contribution is 5.84. The Morgan fingerprint density at radius 2 is 1.72 bits per heavy atom. The van der Waals surface area contributed by atoms with Crippen LogP contribution in [0.25, 0.3) is 0 Å². The quantitative estimate of drug-likeness (QED) is 0.843. The van der Waals surface area contributed by atoms with Crippen LogP contribution in [0.3, 0.4) is 0 Å². The van der Waals surface area contributed by atoms with Gasteiger partial charge in [-0.3, -0.25) is 9.69 Å². The number of carbonyl (C=O) groups is 1. The molecule has 2 saturated heterocycles. The number of phenolic OH excluding ortho intramolecular Hbond substituents is 1. The van der Waals surface area contributed by atoms with Crippen LogP contribution >= 0.6 is 0 Å². The summed E-state index contributed by atoms with van der Waals surface area (Å²) < 4.78 is 28.1. The maximum atomic E-state index is 15.0. The zero-order valence-electron chi connectivity index (χ0n) is 16.5. The molecule has 2 fully saturated rings. The second kappa shape index (κ2) is 8.11. The summed E-state index contributed by atoms with van der Waals surface area (Å²) in [6, 6.07) is 12.5. The first-order valence-corrected chi connectivity index (χ1v) is 10.2. The van der Waals surface area contributed by atoms with Crippen LogP contribution in [-0.4, -0.2) is 52.7 Å². The minimum Gasteiger partial charge on any atom is -0.508 e. The summed E-state index contributed by atoms with van der Waals surface area (Å²) >= 11 is 0. The molecule has 0 saturated carbocycles. The fourth-order valence-corrected chi connectivity index (χ4v) is 4.64.